The molecule has 1 aromatic carbocycles. The molecule has 0 aliphatic heterocycles. The Morgan fingerprint density at radius 1 is 1.44 bits per heavy atom. The van der Waals surface area contributed by atoms with E-state index in [0.29, 0.717) is 12.0 Å². The van der Waals surface area contributed by atoms with Crippen molar-refractivity contribution in [3.05, 3.63) is 29.8 Å². The van der Waals surface area contributed by atoms with Crippen LogP contribution in [0.2, 0.25) is 0 Å². The minimum atomic E-state index is -0.481. The summed E-state index contributed by atoms with van der Waals surface area (Å²) in [5, 5.41) is 15.0. The van der Waals surface area contributed by atoms with Gasteiger partial charge in [-0.05, 0) is 18.6 Å². The standard InChI is InChI=1S/C12H18N2O2/c1-3-9(15)8-14-12(16)10-6-4-5-7-11(10)13-2/h4-7,9,13,15H,3,8H2,1-2H3,(H,14,16). The highest BCUT2D eigenvalue weighted by Gasteiger charge is 2.10. The Morgan fingerprint density at radius 2 is 2.12 bits per heavy atom. The maximum atomic E-state index is 11.8. The number of nitrogens with one attached hydrogen (secondary N) is 2. The molecule has 0 fully saturated rings. The molecular weight excluding hydrogens is 204 g/mol. The fraction of sp³-hybridized carbons (Fsp3) is 0.417. The second kappa shape index (κ2) is 6.12. The Hall–Kier alpha value is -1.55. The second-order valence-corrected chi connectivity index (χ2v) is 3.57. The van der Waals surface area contributed by atoms with E-state index in [2.05, 4.69) is 10.6 Å². The van der Waals surface area contributed by atoms with Crippen molar-refractivity contribution in [2.24, 2.45) is 0 Å². The van der Waals surface area contributed by atoms with E-state index in [0.717, 1.165) is 5.69 Å². The quantitative estimate of drug-likeness (QED) is 0.702. The fourth-order valence-corrected chi connectivity index (χ4v) is 1.35. The molecule has 1 rings (SSSR count). The van der Waals surface area contributed by atoms with Crippen LogP contribution in [0.15, 0.2) is 24.3 Å². The van der Waals surface area contributed by atoms with Crippen LogP contribution in [0.4, 0.5) is 5.69 Å². The molecule has 1 amide bonds. The average Bonchev–Trinajstić information content (AvgIpc) is 2.35. The van der Waals surface area contributed by atoms with Crippen molar-refractivity contribution in [2.75, 3.05) is 18.9 Å². The van der Waals surface area contributed by atoms with Gasteiger partial charge in [-0.25, -0.2) is 0 Å². The lowest BCUT2D eigenvalue weighted by molar-refractivity contribution is 0.0914. The van der Waals surface area contributed by atoms with Gasteiger partial charge in [0.2, 0.25) is 0 Å². The first kappa shape index (κ1) is 12.5. The van der Waals surface area contributed by atoms with E-state index in [4.69, 9.17) is 0 Å². The summed E-state index contributed by atoms with van der Waals surface area (Å²) in [6.07, 6.45) is 0.152. The van der Waals surface area contributed by atoms with Gasteiger partial charge in [-0.15, -0.1) is 0 Å². The Balaban J connectivity index is 2.65. The number of aliphatic hydroxyl groups is 1. The minimum absolute atomic E-state index is 0.169. The normalized spacial score (nSPS) is 11.9. The summed E-state index contributed by atoms with van der Waals surface area (Å²) in [6, 6.07) is 7.26. The number of carbonyl (C=O) groups is 1. The molecule has 1 unspecified atom stereocenters. The van der Waals surface area contributed by atoms with Crippen molar-refractivity contribution in [3.63, 3.8) is 0 Å². The zero-order chi connectivity index (χ0) is 12.0. The average molecular weight is 222 g/mol. The summed E-state index contributed by atoms with van der Waals surface area (Å²) < 4.78 is 0. The van der Waals surface area contributed by atoms with Gasteiger partial charge in [0, 0.05) is 19.3 Å². The lowest BCUT2D eigenvalue weighted by Gasteiger charge is -2.11. The topological polar surface area (TPSA) is 61.4 Å². The van der Waals surface area contributed by atoms with Gasteiger partial charge in [0.05, 0.1) is 11.7 Å². The summed E-state index contributed by atoms with van der Waals surface area (Å²) in [5.74, 6) is -0.169. The molecule has 0 spiro atoms. The van der Waals surface area contributed by atoms with Crippen molar-refractivity contribution in [1.82, 2.24) is 5.32 Å². The highest BCUT2D eigenvalue weighted by Crippen LogP contribution is 2.13. The number of hydrogen-bond donors (Lipinski definition) is 3. The van der Waals surface area contributed by atoms with Crippen LogP contribution in [-0.2, 0) is 0 Å². The molecule has 0 heterocycles. The monoisotopic (exact) mass is 222 g/mol. The number of aliphatic hydroxyl groups excluding tert-OH is 1. The molecular formula is C12H18N2O2. The van der Waals surface area contributed by atoms with Crippen molar-refractivity contribution in [2.45, 2.75) is 19.4 Å². The molecule has 1 aromatic rings. The number of anilines is 1. The molecule has 1 atom stereocenters. The first-order valence-electron chi connectivity index (χ1n) is 5.42. The molecule has 0 bridgehead atoms. The smallest absolute Gasteiger partial charge is 0.253 e. The van der Waals surface area contributed by atoms with Crippen LogP contribution in [0.3, 0.4) is 0 Å². The van der Waals surface area contributed by atoms with Gasteiger partial charge in [0.15, 0.2) is 0 Å². The van der Waals surface area contributed by atoms with Crippen LogP contribution in [0.25, 0.3) is 0 Å². The molecule has 3 N–H and O–H groups in total. The van der Waals surface area contributed by atoms with Crippen LogP contribution in [0, 0.1) is 0 Å². The molecule has 4 nitrogen and oxygen atoms in total. The molecule has 0 saturated heterocycles. The number of hydrogen-bond acceptors (Lipinski definition) is 3. The maximum Gasteiger partial charge on any atom is 0.253 e. The summed E-state index contributed by atoms with van der Waals surface area (Å²) in [4.78, 5) is 11.8. The van der Waals surface area contributed by atoms with Crippen molar-refractivity contribution in [3.8, 4) is 0 Å². The molecule has 4 heteroatoms. The maximum absolute atomic E-state index is 11.8. The number of rotatable bonds is 5. The van der Waals surface area contributed by atoms with E-state index in [9.17, 15) is 9.90 Å². The Bertz CT molecular complexity index is 353. The molecule has 0 aliphatic carbocycles. The Morgan fingerprint density at radius 3 is 2.75 bits per heavy atom. The molecule has 0 aliphatic rings. The third-order valence-electron chi connectivity index (χ3n) is 2.41. The zero-order valence-electron chi connectivity index (χ0n) is 9.66. The summed E-state index contributed by atoms with van der Waals surface area (Å²) in [5.41, 5.74) is 1.37. The van der Waals surface area contributed by atoms with Gasteiger partial charge in [-0.2, -0.15) is 0 Å². The van der Waals surface area contributed by atoms with E-state index in [1.54, 1.807) is 13.1 Å². The fourth-order valence-electron chi connectivity index (χ4n) is 1.35. The first-order valence-corrected chi connectivity index (χ1v) is 5.42. The Kier molecular flexibility index (Phi) is 4.79. The van der Waals surface area contributed by atoms with E-state index in [1.165, 1.54) is 0 Å². The predicted molar refractivity (Wildman–Crippen MR) is 64.6 cm³/mol. The largest absolute Gasteiger partial charge is 0.391 e. The van der Waals surface area contributed by atoms with Gasteiger partial charge < -0.3 is 15.7 Å². The third kappa shape index (κ3) is 3.24. The van der Waals surface area contributed by atoms with E-state index >= 15 is 0 Å². The van der Waals surface area contributed by atoms with E-state index < -0.39 is 6.10 Å². The van der Waals surface area contributed by atoms with Gasteiger partial charge in [-0.1, -0.05) is 19.1 Å². The zero-order valence-corrected chi connectivity index (χ0v) is 9.66. The highest BCUT2D eigenvalue weighted by molar-refractivity contribution is 5.99. The van der Waals surface area contributed by atoms with E-state index in [1.807, 2.05) is 25.1 Å². The summed E-state index contributed by atoms with van der Waals surface area (Å²) >= 11 is 0. The Labute approximate surface area is 95.7 Å². The van der Waals surface area contributed by atoms with Crippen LogP contribution in [0.5, 0.6) is 0 Å². The SMILES string of the molecule is CCC(O)CNC(=O)c1ccccc1NC. The number of carbonyl (C=O) groups excluding carboxylic acids is 1. The first-order chi connectivity index (χ1) is 7.69. The minimum Gasteiger partial charge on any atom is -0.391 e. The summed E-state index contributed by atoms with van der Waals surface area (Å²) in [7, 11) is 1.77. The van der Waals surface area contributed by atoms with Gasteiger partial charge >= 0.3 is 0 Å². The van der Waals surface area contributed by atoms with Crippen LogP contribution in [-0.4, -0.2) is 30.7 Å². The van der Waals surface area contributed by atoms with Crippen molar-refractivity contribution in [1.29, 1.82) is 0 Å². The van der Waals surface area contributed by atoms with Gasteiger partial charge in [0.25, 0.3) is 5.91 Å². The van der Waals surface area contributed by atoms with Gasteiger partial charge in [0.1, 0.15) is 0 Å². The predicted octanol–water partition coefficient (Wildman–Crippen LogP) is 1.23. The number of para-hydroxylation sites is 1. The second-order valence-electron chi connectivity index (χ2n) is 3.57. The lowest BCUT2D eigenvalue weighted by atomic mass is 10.1. The molecule has 88 valence electrons. The summed E-state index contributed by atoms with van der Waals surface area (Å²) in [6.45, 7) is 2.16. The van der Waals surface area contributed by atoms with Crippen LogP contribution < -0.4 is 10.6 Å². The molecule has 0 aromatic heterocycles. The molecule has 0 radical (unpaired) electrons. The number of amides is 1. The third-order valence-corrected chi connectivity index (χ3v) is 2.41. The highest BCUT2D eigenvalue weighted by atomic mass is 16.3. The van der Waals surface area contributed by atoms with Crippen molar-refractivity contribution < 1.29 is 9.90 Å². The lowest BCUT2D eigenvalue weighted by Crippen LogP contribution is -2.32. The molecule has 0 saturated carbocycles. The van der Waals surface area contributed by atoms with Crippen LogP contribution >= 0.6 is 0 Å². The van der Waals surface area contributed by atoms with E-state index in [-0.39, 0.29) is 12.5 Å². The van der Waals surface area contributed by atoms with Crippen LogP contribution in [0.1, 0.15) is 23.7 Å². The van der Waals surface area contributed by atoms with Crippen molar-refractivity contribution >= 4 is 11.6 Å². The number of benzene rings is 1. The van der Waals surface area contributed by atoms with Gasteiger partial charge in [-0.3, -0.25) is 4.79 Å². The molecule has 16 heavy (non-hydrogen) atoms.